The molecule has 4 heteroatoms. The molecule has 0 aliphatic carbocycles. The lowest BCUT2D eigenvalue weighted by atomic mass is 10.3. The summed E-state index contributed by atoms with van der Waals surface area (Å²) < 4.78 is 0.653. The number of aromatic nitrogens is 3. The minimum Gasteiger partial charge on any atom is -0.360 e. The predicted molar refractivity (Wildman–Crippen MR) is 49.2 cm³/mol. The molecule has 0 aliphatic heterocycles. The van der Waals surface area contributed by atoms with Crippen molar-refractivity contribution in [3.8, 4) is 11.4 Å². The first-order valence-corrected chi connectivity index (χ1v) is 3.96. The highest BCUT2D eigenvalue weighted by Crippen LogP contribution is 2.12. The van der Waals surface area contributed by atoms with Crippen LogP contribution in [0.25, 0.3) is 11.4 Å². The monoisotopic (exact) mass is 177 g/mol. The van der Waals surface area contributed by atoms with Crippen molar-refractivity contribution < 1.29 is 0 Å². The average molecular weight is 177 g/mol. The van der Waals surface area contributed by atoms with Gasteiger partial charge < -0.3 is 9.97 Å². The summed E-state index contributed by atoms with van der Waals surface area (Å²) in [6.45, 7) is 0. The van der Waals surface area contributed by atoms with Gasteiger partial charge in [0.1, 0.15) is 10.3 Å². The fourth-order valence-electron chi connectivity index (χ4n) is 1.02. The molecule has 0 aliphatic rings. The van der Waals surface area contributed by atoms with Crippen LogP contribution in [0.2, 0.25) is 0 Å². The third-order valence-corrected chi connectivity index (χ3v) is 1.87. The van der Waals surface area contributed by atoms with Crippen LogP contribution >= 0.6 is 12.2 Å². The SMILES string of the molecule is S=c1[nH]ccnc1-c1ccc[nH]1. The summed E-state index contributed by atoms with van der Waals surface area (Å²) in [5, 5.41) is 0. The third kappa shape index (κ3) is 1.16. The molecule has 0 radical (unpaired) electrons. The van der Waals surface area contributed by atoms with Crippen molar-refractivity contribution in [2.75, 3.05) is 0 Å². The molecule has 0 amide bonds. The second-order valence-electron chi connectivity index (χ2n) is 2.35. The van der Waals surface area contributed by atoms with Crippen LogP contribution in [0.5, 0.6) is 0 Å². The summed E-state index contributed by atoms with van der Waals surface area (Å²) in [7, 11) is 0. The van der Waals surface area contributed by atoms with Gasteiger partial charge in [-0.2, -0.15) is 0 Å². The van der Waals surface area contributed by atoms with Crippen LogP contribution in [0.15, 0.2) is 30.7 Å². The summed E-state index contributed by atoms with van der Waals surface area (Å²) in [6.07, 6.45) is 5.25. The van der Waals surface area contributed by atoms with Gasteiger partial charge in [0.15, 0.2) is 0 Å². The van der Waals surface area contributed by atoms with Crippen molar-refractivity contribution in [3.05, 3.63) is 35.4 Å². The Labute approximate surface area is 74.5 Å². The minimum absolute atomic E-state index is 0.653. The molecule has 12 heavy (non-hydrogen) atoms. The quantitative estimate of drug-likeness (QED) is 0.655. The molecule has 2 rings (SSSR count). The topological polar surface area (TPSA) is 44.5 Å². The highest BCUT2D eigenvalue weighted by Gasteiger charge is 1.99. The molecule has 0 fully saturated rings. The molecular weight excluding hydrogens is 170 g/mol. The van der Waals surface area contributed by atoms with Gasteiger partial charge in [0.25, 0.3) is 0 Å². The van der Waals surface area contributed by atoms with Crippen molar-refractivity contribution in [1.82, 2.24) is 15.0 Å². The van der Waals surface area contributed by atoms with E-state index < -0.39 is 0 Å². The van der Waals surface area contributed by atoms with Crippen molar-refractivity contribution in [1.29, 1.82) is 0 Å². The zero-order valence-electron chi connectivity index (χ0n) is 6.24. The Hall–Kier alpha value is -1.42. The van der Waals surface area contributed by atoms with Crippen LogP contribution in [-0.2, 0) is 0 Å². The van der Waals surface area contributed by atoms with Gasteiger partial charge in [0.2, 0.25) is 0 Å². The van der Waals surface area contributed by atoms with E-state index in [0.29, 0.717) is 4.64 Å². The molecular formula is C8H7N3S. The summed E-state index contributed by atoms with van der Waals surface area (Å²) in [4.78, 5) is 10.1. The largest absolute Gasteiger partial charge is 0.360 e. The van der Waals surface area contributed by atoms with E-state index in [9.17, 15) is 0 Å². The Bertz CT molecular complexity index is 416. The molecule has 0 spiro atoms. The highest BCUT2D eigenvalue weighted by molar-refractivity contribution is 7.71. The fourth-order valence-corrected chi connectivity index (χ4v) is 1.25. The molecule has 0 saturated carbocycles. The first kappa shape index (κ1) is 7.24. The maximum absolute atomic E-state index is 5.06. The number of hydrogen-bond donors (Lipinski definition) is 2. The fraction of sp³-hybridized carbons (Fsp3) is 0. The maximum atomic E-state index is 5.06. The summed E-state index contributed by atoms with van der Waals surface area (Å²) in [6, 6.07) is 3.85. The van der Waals surface area contributed by atoms with Crippen molar-refractivity contribution in [3.63, 3.8) is 0 Å². The van der Waals surface area contributed by atoms with E-state index in [-0.39, 0.29) is 0 Å². The minimum atomic E-state index is 0.653. The maximum Gasteiger partial charge on any atom is 0.131 e. The van der Waals surface area contributed by atoms with Gasteiger partial charge in [-0.15, -0.1) is 0 Å². The van der Waals surface area contributed by atoms with E-state index in [4.69, 9.17) is 12.2 Å². The number of aromatic amines is 2. The van der Waals surface area contributed by atoms with E-state index in [1.165, 1.54) is 0 Å². The van der Waals surface area contributed by atoms with Gasteiger partial charge in [-0.05, 0) is 12.1 Å². The number of rotatable bonds is 1. The van der Waals surface area contributed by atoms with Gasteiger partial charge >= 0.3 is 0 Å². The molecule has 0 saturated heterocycles. The zero-order valence-corrected chi connectivity index (χ0v) is 7.06. The zero-order chi connectivity index (χ0) is 8.39. The van der Waals surface area contributed by atoms with E-state index in [1.807, 2.05) is 18.3 Å². The number of hydrogen-bond acceptors (Lipinski definition) is 2. The molecule has 2 heterocycles. The predicted octanol–water partition coefficient (Wildman–Crippen LogP) is 2.13. The van der Waals surface area contributed by atoms with Crippen LogP contribution in [0.1, 0.15) is 0 Å². The van der Waals surface area contributed by atoms with Crippen LogP contribution in [-0.4, -0.2) is 15.0 Å². The number of nitrogens with zero attached hydrogens (tertiary/aromatic N) is 1. The Morgan fingerprint density at radius 2 is 2.17 bits per heavy atom. The highest BCUT2D eigenvalue weighted by atomic mass is 32.1. The third-order valence-electron chi connectivity index (χ3n) is 1.56. The molecule has 60 valence electrons. The second-order valence-corrected chi connectivity index (χ2v) is 2.76. The average Bonchev–Trinajstić information content (AvgIpc) is 2.57. The lowest BCUT2D eigenvalue weighted by Crippen LogP contribution is -1.85. The van der Waals surface area contributed by atoms with Crippen LogP contribution in [0, 0.1) is 4.64 Å². The lowest BCUT2D eigenvalue weighted by molar-refractivity contribution is 1.17. The van der Waals surface area contributed by atoms with Crippen LogP contribution < -0.4 is 0 Å². The van der Waals surface area contributed by atoms with Gasteiger partial charge in [0.05, 0.1) is 5.69 Å². The Morgan fingerprint density at radius 3 is 2.83 bits per heavy atom. The van der Waals surface area contributed by atoms with E-state index in [2.05, 4.69) is 15.0 Å². The van der Waals surface area contributed by atoms with Crippen molar-refractivity contribution in [2.24, 2.45) is 0 Å². The lowest BCUT2D eigenvalue weighted by Gasteiger charge is -1.94. The Balaban J connectivity index is 2.63. The molecule has 3 nitrogen and oxygen atoms in total. The van der Waals surface area contributed by atoms with E-state index in [1.54, 1.807) is 12.4 Å². The molecule has 0 unspecified atom stereocenters. The van der Waals surface area contributed by atoms with E-state index in [0.717, 1.165) is 11.4 Å². The van der Waals surface area contributed by atoms with Gasteiger partial charge in [-0.25, -0.2) is 0 Å². The first-order valence-electron chi connectivity index (χ1n) is 3.55. The van der Waals surface area contributed by atoms with Gasteiger partial charge in [-0.1, -0.05) is 12.2 Å². The summed E-state index contributed by atoms with van der Waals surface area (Å²) in [5.74, 6) is 0. The number of nitrogens with one attached hydrogen (secondary N) is 2. The standard InChI is InChI=1S/C8H7N3S/c12-8-7(10-4-5-11-8)6-2-1-3-9-6/h1-5,9H,(H,11,12). The number of H-pyrrole nitrogens is 2. The first-order chi connectivity index (χ1) is 5.88. The summed E-state index contributed by atoms with van der Waals surface area (Å²) in [5.41, 5.74) is 1.73. The van der Waals surface area contributed by atoms with Gasteiger partial charge in [0, 0.05) is 18.6 Å². The Morgan fingerprint density at radius 1 is 1.25 bits per heavy atom. The normalized spacial score (nSPS) is 10.0. The van der Waals surface area contributed by atoms with E-state index >= 15 is 0 Å². The molecule has 2 aromatic rings. The molecule has 0 aromatic carbocycles. The molecule has 2 N–H and O–H groups in total. The molecule has 0 atom stereocenters. The Kier molecular flexibility index (Phi) is 1.75. The van der Waals surface area contributed by atoms with Crippen LogP contribution in [0.4, 0.5) is 0 Å². The molecule has 2 aromatic heterocycles. The van der Waals surface area contributed by atoms with Gasteiger partial charge in [-0.3, -0.25) is 4.98 Å². The van der Waals surface area contributed by atoms with Crippen molar-refractivity contribution in [2.45, 2.75) is 0 Å². The summed E-state index contributed by atoms with van der Waals surface area (Å²) >= 11 is 5.06. The van der Waals surface area contributed by atoms with Crippen molar-refractivity contribution >= 4 is 12.2 Å². The molecule has 0 bridgehead atoms. The van der Waals surface area contributed by atoms with Crippen LogP contribution in [0.3, 0.4) is 0 Å². The second kappa shape index (κ2) is 2.91. The smallest absolute Gasteiger partial charge is 0.131 e.